The van der Waals surface area contributed by atoms with Gasteiger partial charge in [0.2, 0.25) is 0 Å². The number of aromatic nitrogens is 2. The van der Waals surface area contributed by atoms with Crippen molar-refractivity contribution in [3.8, 4) is 17.0 Å². The summed E-state index contributed by atoms with van der Waals surface area (Å²) in [5.74, 6) is 0.623. The Bertz CT molecular complexity index is 695. The van der Waals surface area contributed by atoms with Gasteiger partial charge < -0.3 is 14.8 Å². The molecule has 0 radical (unpaired) electrons. The predicted molar refractivity (Wildman–Crippen MR) is 94.8 cm³/mol. The molecule has 1 amide bonds. The molecular weight excluding hydrogens is 320 g/mol. The minimum Gasteiger partial charge on any atom is -0.497 e. The number of morpholine rings is 1. The minimum absolute atomic E-state index is 0.136. The van der Waals surface area contributed by atoms with Gasteiger partial charge in [0, 0.05) is 25.2 Å². The fourth-order valence-corrected chi connectivity index (χ4v) is 2.79. The molecule has 3 rings (SSSR count). The summed E-state index contributed by atoms with van der Waals surface area (Å²) < 4.78 is 10.5. The summed E-state index contributed by atoms with van der Waals surface area (Å²) in [6.45, 7) is 5.16. The van der Waals surface area contributed by atoms with Crippen molar-refractivity contribution in [2.75, 3.05) is 46.5 Å². The van der Waals surface area contributed by atoms with Gasteiger partial charge in [-0.1, -0.05) is 12.1 Å². The van der Waals surface area contributed by atoms with Crippen molar-refractivity contribution < 1.29 is 14.3 Å². The van der Waals surface area contributed by atoms with Crippen LogP contribution in [0.3, 0.4) is 0 Å². The highest BCUT2D eigenvalue weighted by Gasteiger charge is 2.12. The van der Waals surface area contributed by atoms with Gasteiger partial charge in [-0.05, 0) is 31.2 Å². The highest BCUT2D eigenvalue weighted by molar-refractivity contribution is 5.93. The van der Waals surface area contributed by atoms with Gasteiger partial charge in [-0.15, -0.1) is 0 Å². The third-order valence-electron chi connectivity index (χ3n) is 4.23. The summed E-state index contributed by atoms with van der Waals surface area (Å²) in [5.41, 5.74) is 2.09. The van der Waals surface area contributed by atoms with Gasteiger partial charge in [0.05, 0.1) is 26.0 Å². The molecule has 0 spiro atoms. The van der Waals surface area contributed by atoms with E-state index >= 15 is 0 Å². The van der Waals surface area contributed by atoms with Crippen LogP contribution in [0.4, 0.5) is 0 Å². The molecule has 2 aromatic rings. The summed E-state index contributed by atoms with van der Waals surface area (Å²) in [6.07, 6.45) is 0.919. The van der Waals surface area contributed by atoms with Crippen molar-refractivity contribution >= 4 is 5.91 Å². The number of ether oxygens (including phenoxy) is 2. The van der Waals surface area contributed by atoms with Crippen molar-refractivity contribution in [3.05, 3.63) is 36.0 Å². The van der Waals surface area contributed by atoms with E-state index in [2.05, 4.69) is 20.4 Å². The van der Waals surface area contributed by atoms with Gasteiger partial charge in [0.1, 0.15) is 11.4 Å². The predicted octanol–water partition coefficient (Wildman–Crippen LogP) is 1.54. The molecule has 2 N–H and O–H groups in total. The van der Waals surface area contributed by atoms with Crippen LogP contribution in [0.1, 0.15) is 16.9 Å². The second-order valence-electron chi connectivity index (χ2n) is 5.96. The Morgan fingerprint density at radius 1 is 1.36 bits per heavy atom. The summed E-state index contributed by atoms with van der Waals surface area (Å²) in [5, 5.41) is 9.96. The summed E-state index contributed by atoms with van der Waals surface area (Å²) in [6, 6.07) is 9.35. The molecular formula is C18H24N4O3. The Kier molecular flexibility index (Phi) is 6.03. The van der Waals surface area contributed by atoms with Crippen LogP contribution >= 0.6 is 0 Å². The molecule has 1 aromatic heterocycles. The lowest BCUT2D eigenvalue weighted by molar-refractivity contribution is 0.0374. The first kappa shape index (κ1) is 17.4. The first-order valence-corrected chi connectivity index (χ1v) is 8.54. The van der Waals surface area contributed by atoms with Crippen LogP contribution in [0.25, 0.3) is 11.3 Å². The van der Waals surface area contributed by atoms with Crippen molar-refractivity contribution in [3.63, 3.8) is 0 Å². The summed E-state index contributed by atoms with van der Waals surface area (Å²) in [4.78, 5) is 14.6. The van der Waals surface area contributed by atoms with Crippen LogP contribution in [-0.4, -0.2) is 67.5 Å². The van der Waals surface area contributed by atoms with E-state index in [1.807, 2.05) is 24.3 Å². The number of nitrogens with zero attached hydrogens (tertiary/aromatic N) is 2. The van der Waals surface area contributed by atoms with E-state index in [9.17, 15) is 4.79 Å². The van der Waals surface area contributed by atoms with Crippen LogP contribution in [-0.2, 0) is 4.74 Å². The number of H-pyrrole nitrogens is 1. The third-order valence-corrected chi connectivity index (χ3v) is 4.23. The fourth-order valence-electron chi connectivity index (χ4n) is 2.79. The molecule has 0 aliphatic carbocycles. The molecule has 7 heteroatoms. The average Bonchev–Trinajstić information content (AvgIpc) is 3.16. The van der Waals surface area contributed by atoms with Gasteiger partial charge >= 0.3 is 0 Å². The molecule has 1 fully saturated rings. The molecule has 0 atom stereocenters. The zero-order valence-corrected chi connectivity index (χ0v) is 14.5. The number of benzene rings is 1. The molecule has 25 heavy (non-hydrogen) atoms. The molecule has 0 unspecified atom stereocenters. The van der Waals surface area contributed by atoms with E-state index in [4.69, 9.17) is 9.47 Å². The maximum Gasteiger partial charge on any atom is 0.269 e. The van der Waals surface area contributed by atoms with Gasteiger partial charge in [-0.2, -0.15) is 5.10 Å². The molecule has 1 saturated heterocycles. The smallest absolute Gasteiger partial charge is 0.269 e. The lowest BCUT2D eigenvalue weighted by atomic mass is 10.1. The number of nitrogens with one attached hydrogen (secondary N) is 2. The number of methoxy groups -OCH3 is 1. The number of hydrogen-bond acceptors (Lipinski definition) is 5. The van der Waals surface area contributed by atoms with Gasteiger partial charge in [0.15, 0.2) is 0 Å². The van der Waals surface area contributed by atoms with E-state index in [0.717, 1.165) is 56.3 Å². The van der Waals surface area contributed by atoms with E-state index in [-0.39, 0.29) is 5.91 Å². The van der Waals surface area contributed by atoms with Crippen molar-refractivity contribution in [2.45, 2.75) is 6.42 Å². The van der Waals surface area contributed by atoms with Crippen molar-refractivity contribution in [1.29, 1.82) is 0 Å². The second kappa shape index (κ2) is 8.64. The Balaban J connectivity index is 1.48. The lowest BCUT2D eigenvalue weighted by Gasteiger charge is -2.26. The molecule has 0 saturated carbocycles. The Labute approximate surface area is 147 Å². The number of hydrogen-bond donors (Lipinski definition) is 2. The van der Waals surface area contributed by atoms with E-state index in [1.165, 1.54) is 0 Å². The quantitative estimate of drug-likeness (QED) is 0.745. The maximum atomic E-state index is 12.2. The number of aromatic amines is 1. The van der Waals surface area contributed by atoms with Crippen LogP contribution in [0.15, 0.2) is 30.3 Å². The largest absolute Gasteiger partial charge is 0.497 e. The van der Waals surface area contributed by atoms with Gasteiger partial charge in [0.25, 0.3) is 5.91 Å². The normalized spacial score (nSPS) is 15.1. The number of rotatable bonds is 7. The topological polar surface area (TPSA) is 79.5 Å². The first-order chi connectivity index (χ1) is 12.3. The monoisotopic (exact) mass is 344 g/mol. The zero-order chi connectivity index (χ0) is 17.5. The van der Waals surface area contributed by atoms with Crippen LogP contribution in [0, 0.1) is 0 Å². The lowest BCUT2D eigenvalue weighted by Crippen LogP contribution is -2.38. The molecule has 0 bridgehead atoms. The van der Waals surface area contributed by atoms with E-state index in [0.29, 0.717) is 12.2 Å². The third kappa shape index (κ3) is 4.80. The van der Waals surface area contributed by atoms with E-state index in [1.54, 1.807) is 13.2 Å². The zero-order valence-electron chi connectivity index (χ0n) is 14.5. The van der Waals surface area contributed by atoms with Crippen LogP contribution in [0.2, 0.25) is 0 Å². The SMILES string of the molecule is COc1cccc(-c2cc(C(=O)NCCCN3CCOCC3)[nH]n2)c1. The maximum absolute atomic E-state index is 12.2. The molecule has 7 nitrogen and oxygen atoms in total. The van der Waals surface area contributed by atoms with Gasteiger partial charge in [-0.25, -0.2) is 0 Å². The standard InChI is InChI=1S/C18H24N4O3/c1-24-15-5-2-4-14(12-15)16-13-17(21-20-16)18(23)19-6-3-7-22-8-10-25-11-9-22/h2,4-5,12-13H,3,6-11H2,1H3,(H,19,23)(H,20,21). The number of carbonyl (C=O) groups excluding carboxylic acids is 1. The molecule has 1 aromatic carbocycles. The highest BCUT2D eigenvalue weighted by atomic mass is 16.5. The first-order valence-electron chi connectivity index (χ1n) is 8.54. The second-order valence-corrected chi connectivity index (χ2v) is 5.96. The minimum atomic E-state index is -0.136. The molecule has 1 aliphatic rings. The highest BCUT2D eigenvalue weighted by Crippen LogP contribution is 2.22. The van der Waals surface area contributed by atoms with E-state index < -0.39 is 0 Å². The van der Waals surface area contributed by atoms with Crippen LogP contribution in [0.5, 0.6) is 5.75 Å². The van der Waals surface area contributed by atoms with Gasteiger partial charge in [-0.3, -0.25) is 14.8 Å². The Hall–Kier alpha value is -2.38. The summed E-state index contributed by atoms with van der Waals surface area (Å²) >= 11 is 0. The molecule has 134 valence electrons. The fraction of sp³-hybridized carbons (Fsp3) is 0.444. The number of amides is 1. The molecule has 2 heterocycles. The molecule has 1 aliphatic heterocycles. The Morgan fingerprint density at radius 3 is 3.00 bits per heavy atom. The average molecular weight is 344 g/mol. The number of carbonyl (C=O) groups is 1. The Morgan fingerprint density at radius 2 is 2.20 bits per heavy atom. The van der Waals surface area contributed by atoms with Crippen molar-refractivity contribution in [2.24, 2.45) is 0 Å². The van der Waals surface area contributed by atoms with Crippen molar-refractivity contribution in [1.82, 2.24) is 20.4 Å². The van der Waals surface area contributed by atoms with Crippen LogP contribution < -0.4 is 10.1 Å². The summed E-state index contributed by atoms with van der Waals surface area (Å²) in [7, 11) is 1.62.